The number of benzene rings is 1. The summed E-state index contributed by atoms with van der Waals surface area (Å²) in [5.41, 5.74) is 2.28. The third kappa shape index (κ3) is 5.63. The number of carbonyl (C=O) groups is 2. The summed E-state index contributed by atoms with van der Waals surface area (Å²) < 4.78 is 26.6. The van der Waals surface area contributed by atoms with Crippen molar-refractivity contribution in [1.82, 2.24) is 15.6 Å². The first-order valence-electron chi connectivity index (χ1n) is 9.46. The molecule has 1 aromatic carbocycles. The summed E-state index contributed by atoms with van der Waals surface area (Å²) in [7, 11) is -3.83. The number of aryl methyl sites for hydroxylation is 2. The van der Waals surface area contributed by atoms with Gasteiger partial charge in [-0.2, -0.15) is 0 Å². The Morgan fingerprint density at radius 3 is 2.41 bits per heavy atom. The van der Waals surface area contributed by atoms with Crippen molar-refractivity contribution in [2.24, 2.45) is 0 Å². The second-order valence-corrected chi connectivity index (χ2v) is 9.19. The third-order valence-corrected chi connectivity index (χ3v) is 6.98. The molecule has 8 heteroatoms. The van der Waals surface area contributed by atoms with E-state index in [-0.39, 0.29) is 17.5 Å². The van der Waals surface area contributed by atoms with Crippen LogP contribution in [-0.2, 0) is 19.4 Å². The Bertz CT molecular complexity index is 975. The number of nitrogens with one attached hydrogen (secondary N) is 2. The molecule has 1 heterocycles. The molecule has 0 spiro atoms. The van der Waals surface area contributed by atoms with E-state index in [9.17, 15) is 18.0 Å². The van der Waals surface area contributed by atoms with Crippen molar-refractivity contribution in [3.63, 3.8) is 0 Å². The van der Waals surface area contributed by atoms with Crippen molar-refractivity contribution in [1.29, 1.82) is 0 Å². The van der Waals surface area contributed by atoms with Gasteiger partial charge in [-0.3, -0.25) is 14.6 Å². The number of pyridine rings is 1. The van der Waals surface area contributed by atoms with E-state index in [0.717, 1.165) is 11.1 Å². The zero-order chi connectivity index (χ0) is 21.6. The summed E-state index contributed by atoms with van der Waals surface area (Å²) in [6, 6.07) is 8.05. The van der Waals surface area contributed by atoms with Crippen molar-refractivity contribution in [3.8, 4) is 0 Å². The molecular weight excluding hydrogens is 390 g/mol. The molecule has 0 radical (unpaired) electrons. The molecule has 0 aliphatic heterocycles. The van der Waals surface area contributed by atoms with E-state index in [4.69, 9.17) is 0 Å². The van der Waals surface area contributed by atoms with E-state index in [1.54, 1.807) is 43.5 Å². The quantitative estimate of drug-likeness (QED) is 0.672. The number of carbonyl (C=O) groups excluding carboxylic acids is 2. The maximum absolute atomic E-state index is 13.3. The van der Waals surface area contributed by atoms with E-state index < -0.39 is 26.9 Å². The maximum atomic E-state index is 13.3. The van der Waals surface area contributed by atoms with Crippen LogP contribution in [0.3, 0.4) is 0 Å². The molecule has 29 heavy (non-hydrogen) atoms. The largest absolute Gasteiger partial charge is 0.346 e. The van der Waals surface area contributed by atoms with Gasteiger partial charge in [-0.25, -0.2) is 8.42 Å². The second-order valence-electron chi connectivity index (χ2n) is 7.06. The Morgan fingerprint density at radius 1 is 1.10 bits per heavy atom. The van der Waals surface area contributed by atoms with Crippen LogP contribution in [0.15, 0.2) is 47.6 Å². The Hall–Kier alpha value is -2.74. The molecule has 156 valence electrons. The van der Waals surface area contributed by atoms with Gasteiger partial charge < -0.3 is 10.6 Å². The van der Waals surface area contributed by atoms with E-state index in [1.807, 2.05) is 20.8 Å². The average Bonchev–Trinajstić information content (AvgIpc) is 2.70. The number of rotatable bonds is 7. The molecule has 1 aromatic heterocycles. The molecule has 0 saturated carbocycles. The lowest BCUT2D eigenvalue weighted by molar-refractivity contribution is -0.139. The van der Waals surface area contributed by atoms with Gasteiger partial charge in [0.1, 0.15) is 5.25 Å². The van der Waals surface area contributed by atoms with Crippen LogP contribution in [0.1, 0.15) is 42.2 Å². The molecule has 0 fully saturated rings. The van der Waals surface area contributed by atoms with E-state index in [2.05, 4.69) is 15.6 Å². The highest BCUT2D eigenvalue weighted by Gasteiger charge is 2.31. The van der Waals surface area contributed by atoms with E-state index in [0.29, 0.717) is 12.0 Å². The Balaban J connectivity index is 2.30. The number of hydrogen-bond donors (Lipinski definition) is 2. The first-order valence-corrected chi connectivity index (χ1v) is 11.0. The highest BCUT2D eigenvalue weighted by molar-refractivity contribution is 7.91. The van der Waals surface area contributed by atoms with Crippen molar-refractivity contribution >= 4 is 21.7 Å². The Labute approximate surface area is 171 Å². The molecule has 2 atom stereocenters. The lowest BCUT2D eigenvalue weighted by atomic mass is 10.1. The fourth-order valence-corrected chi connectivity index (χ4v) is 4.41. The second kappa shape index (κ2) is 9.65. The lowest BCUT2D eigenvalue weighted by Gasteiger charge is -2.19. The van der Waals surface area contributed by atoms with Gasteiger partial charge in [0, 0.05) is 25.0 Å². The number of amides is 2. The van der Waals surface area contributed by atoms with Gasteiger partial charge in [0.2, 0.25) is 0 Å². The van der Waals surface area contributed by atoms with Gasteiger partial charge >= 0.3 is 11.8 Å². The molecule has 0 aliphatic rings. The molecule has 2 aromatic rings. The van der Waals surface area contributed by atoms with Crippen LogP contribution in [0.4, 0.5) is 0 Å². The molecule has 0 unspecified atom stereocenters. The van der Waals surface area contributed by atoms with E-state index >= 15 is 0 Å². The SMILES string of the molecule is CC[C@@H](C)NC(=O)C(=O)NC[C@@H](c1cccnc1)S(=O)(=O)c1ccc(C)c(C)c1. The van der Waals surface area contributed by atoms with Crippen molar-refractivity contribution in [3.05, 3.63) is 59.4 Å². The summed E-state index contributed by atoms with van der Waals surface area (Å²) in [4.78, 5) is 28.3. The van der Waals surface area contributed by atoms with Crippen LogP contribution < -0.4 is 10.6 Å². The fourth-order valence-electron chi connectivity index (χ4n) is 2.69. The average molecular weight is 418 g/mol. The van der Waals surface area contributed by atoms with Crippen LogP contribution in [0, 0.1) is 13.8 Å². The minimum Gasteiger partial charge on any atom is -0.346 e. The maximum Gasteiger partial charge on any atom is 0.309 e. The molecule has 2 N–H and O–H groups in total. The summed E-state index contributed by atoms with van der Waals surface area (Å²) >= 11 is 0. The molecule has 7 nitrogen and oxygen atoms in total. The monoisotopic (exact) mass is 417 g/mol. The Kier molecular flexibility index (Phi) is 7.50. The minimum atomic E-state index is -3.83. The van der Waals surface area contributed by atoms with Crippen LogP contribution in [0.2, 0.25) is 0 Å². The standard InChI is InChI=1S/C21H27N3O4S/c1-5-16(4)24-21(26)20(25)23-13-19(17-7-6-10-22-12-17)29(27,28)18-9-8-14(2)15(3)11-18/h6-12,16,19H,5,13H2,1-4H3,(H,23,25)(H,24,26)/t16-,19+/m1/s1. The number of hydrogen-bond acceptors (Lipinski definition) is 5. The van der Waals surface area contributed by atoms with Crippen LogP contribution in [0.5, 0.6) is 0 Å². The molecule has 2 amide bonds. The minimum absolute atomic E-state index is 0.151. The van der Waals surface area contributed by atoms with Crippen molar-refractivity contribution < 1.29 is 18.0 Å². The summed E-state index contributed by atoms with van der Waals surface area (Å²) in [5.74, 6) is -1.65. The fraction of sp³-hybridized carbons (Fsp3) is 0.381. The first-order chi connectivity index (χ1) is 13.7. The molecule has 0 saturated heterocycles. The molecule has 0 bridgehead atoms. The van der Waals surface area contributed by atoms with Gasteiger partial charge in [-0.15, -0.1) is 0 Å². The first kappa shape index (κ1) is 22.5. The summed E-state index contributed by atoms with van der Waals surface area (Å²) in [6.07, 6.45) is 3.68. The van der Waals surface area contributed by atoms with Gasteiger partial charge in [0.25, 0.3) is 0 Å². The highest BCUT2D eigenvalue weighted by atomic mass is 32.2. The van der Waals surface area contributed by atoms with Gasteiger partial charge in [0.15, 0.2) is 9.84 Å². The lowest BCUT2D eigenvalue weighted by Crippen LogP contribution is -2.45. The van der Waals surface area contributed by atoms with Crippen LogP contribution >= 0.6 is 0 Å². The number of sulfone groups is 1. The predicted octanol–water partition coefficient (Wildman–Crippen LogP) is 2.24. The van der Waals surface area contributed by atoms with Crippen molar-refractivity contribution in [2.75, 3.05) is 6.54 Å². The number of aromatic nitrogens is 1. The highest BCUT2D eigenvalue weighted by Crippen LogP contribution is 2.29. The van der Waals surface area contributed by atoms with Gasteiger partial charge in [0.05, 0.1) is 4.90 Å². The molecular formula is C21H27N3O4S. The smallest absolute Gasteiger partial charge is 0.309 e. The third-order valence-electron chi connectivity index (χ3n) is 4.88. The van der Waals surface area contributed by atoms with Crippen LogP contribution in [-0.4, -0.2) is 37.8 Å². The number of nitrogens with zero attached hydrogens (tertiary/aromatic N) is 1. The zero-order valence-corrected chi connectivity index (χ0v) is 17.9. The predicted molar refractivity (Wildman–Crippen MR) is 111 cm³/mol. The summed E-state index contributed by atoms with van der Waals surface area (Å²) in [6.45, 7) is 7.17. The van der Waals surface area contributed by atoms with E-state index in [1.165, 1.54) is 6.20 Å². The normalized spacial score (nSPS) is 13.4. The topological polar surface area (TPSA) is 105 Å². The molecule has 0 aliphatic carbocycles. The zero-order valence-electron chi connectivity index (χ0n) is 17.1. The molecule has 2 rings (SSSR count). The van der Waals surface area contributed by atoms with Gasteiger partial charge in [-0.1, -0.05) is 19.1 Å². The van der Waals surface area contributed by atoms with Crippen LogP contribution in [0.25, 0.3) is 0 Å². The van der Waals surface area contributed by atoms with Crippen molar-refractivity contribution in [2.45, 2.75) is 50.3 Å². The summed E-state index contributed by atoms with van der Waals surface area (Å²) in [5, 5.41) is 3.95. The van der Waals surface area contributed by atoms with Gasteiger partial charge in [-0.05, 0) is 62.1 Å². The Morgan fingerprint density at radius 2 is 1.83 bits per heavy atom.